The number of aliphatic imine (C=N–C) groups is 1. The lowest BCUT2D eigenvalue weighted by Crippen LogP contribution is -2.44. The minimum Gasteiger partial charge on any atom is -0.464 e. The smallest absolute Gasteiger partial charge is 0.354 e. The molecule has 2 aliphatic heterocycles. The van der Waals surface area contributed by atoms with Crippen molar-refractivity contribution in [2.75, 3.05) is 26.6 Å². The summed E-state index contributed by atoms with van der Waals surface area (Å²) in [5.41, 5.74) is 2.72. The highest BCUT2D eigenvalue weighted by molar-refractivity contribution is 8.02. The van der Waals surface area contributed by atoms with Crippen molar-refractivity contribution in [2.24, 2.45) is 4.99 Å². The summed E-state index contributed by atoms with van der Waals surface area (Å²) in [6, 6.07) is 0.0975. The SMILES string of the molecule is C/C=C1/C=C(C(=O)OC)N(C2CCCOC2)/C1=N\C(SC)=C(/C)CC. The van der Waals surface area contributed by atoms with Crippen molar-refractivity contribution in [1.29, 1.82) is 0 Å². The van der Waals surface area contributed by atoms with Gasteiger partial charge in [0.15, 0.2) is 0 Å². The summed E-state index contributed by atoms with van der Waals surface area (Å²) in [7, 11) is 1.41. The number of rotatable bonds is 5. The summed E-state index contributed by atoms with van der Waals surface area (Å²) in [6.45, 7) is 7.56. The Kier molecular flexibility index (Phi) is 7.32. The lowest BCUT2D eigenvalue weighted by atomic mass is 10.1. The van der Waals surface area contributed by atoms with E-state index in [2.05, 4.69) is 13.8 Å². The van der Waals surface area contributed by atoms with E-state index in [0.717, 1.165) is 42.3 Å². The van der Waals surface area contributed by atoms with Crippen LogP contribution in [0.3, 0.4) is 0 Å². The van der Waals surface area contributed by atoms with Gasteiger partial charge in [0.2, 0.25) is 0 Å². The molecule has 1 saturated heterocycles. The van der Waals surface area contributed by atoms with Gasteiger partial charge in [-0.25, -0.2) is 9.79 Å². The van der Waals surface area contributed by atoms with Gasteiger partial charge in [-0.05, 0) is 51.0 Å². The van der Waals surface area contributed by atoms with Gasteiger partial charge in [0.05, 0.1) is 24.8 Å². The van der Waals surface area contributed by atoms with E-state index >= 15 is 0 Å². The molecule has 0 aliphatic carbocycles. The number of hydrogen-bond acceptors (Lipinski definition) is 5. The largest absolute Gasteiger partial charge is 0.464 e. The zero-order chi connectivity index (χ0) is 18.4. The predicted octanol–water partition coefficient (Wildman–Crippen LogP) is 3.89. The molecule has 1 atom stereocenters. The molecule has 0 aromatic carbocycles. The Hall–Kier alpha value is -1.53. The predicted molar refractivity (Wildman–Crippen MR) is 103 cm³/mol. The fraction of sp³-hybridized carbons (Fsp3) is 0.579. The molecule has 2 aliphatic rings. The van der Waals surface area contributed by atoms with Gasteiger partial charge < -0.3 is 14.4 Å². The third-order valence-corrected chi connectivity index (χ3v) is 5.37. The number of esters is 1. The summed E-state index contributed by atoms with van der Waals surface area (Å²) >= 11 is 1.63. The maximum atomic E-state index is 12.3. The van der Waals surface area contributed by atoms with Crippen molar-refractivity contribution in [3.05, 3.63) is 34.0 Å². The van der Waals surface area contributed by atoms with Crippen LogP contribution in [0.15, 0.2) is 39.0 Å². The number of allylic oxidation sites excluding steroid dienone is 2. The Bertz CT molecular complexity index is 629. The van der Waals surface area contributed by atoms with Crippen molar-refractivity contribution in [3.8, 4) is 0 Å². The van der Waals surface area contributed by atoms with Crippen LogP contribution in [0.1, 0.15) is 40.0 Å². The van der Waals surface area contributed by atoms with E-state index < -0.39 is 0 Å². The van der Waals surface area contributed by atoms with Crippen LogP contribution < -0.4 is 0 Å². The summed E-state index contributed by atoms with van der Waals surface area (Å²) in [4.78, 5) is 19.3. The van der Waals surface area contributed by atoms with Crippen LogP contribution in [0.25, 0.3) is 0 Å². The quantitative estimate of drug-likeness (QED) is 0.693. The molecular weight excluding hydrogens is 336 g/mol. The topological polar surface area (TPSA) is 51.1 Å². The molecule has 25 heavy (non-hydrogen) atoms. The highest BCUT2D eigenvalue weighted by Crippen LogP contribution is 2.32. The summed E-state index contributed by atoms with van der Waals surface area (Å²) in [6.07, 6.45) is 8.79. The zero-order valence-corrected chi connectivity index (χ0v) is 16.6. The minimum absolute atomic E-state index is 0.0975. The Balaban J connectivity index is 2.52. The third kappa shape index (κ3) is 4.36. The Morgan fingerprint density at radius 2 is 2.32 bits per heavy atom. The first kappa shape index (κ1) is 19.8. The van der Waals surface area contributed by atoms with Crippen LogP contribution in [0, 0.1) is 0 Å². The lowest BCUT2D eigenvalue weighted by Gasteiger charge is -2.34. The fourth-order valence-electron chi connectivity index (χ4n) is 2.99. The van der Waals surface area contributed by atoms with Crippen LogP contribution in [0.4, 0.5) is 0 Å². The van der Waals surface area contributed by atoms with Crippen molar-refractivity contribution < 1.29 is 14.3 Å². The van der Waals surface area contributed by atoms with Gasteiger partial charge in [-0.2, -0.15) is 0 Å². The third-order valence-electron chi connectivity index (χ3n) is 4.54. The molecule has 1 unspecified atom stereocenters. The molecule has 0 radical (unpaired) electrons. The molecular formula is C19H28N2O3S. The van der Waals surface area contributed by atoms with E-state index in [4.69, 9.17) is 14.5 Å². The number of methoxy groups -OCH3 is 1. The number of ether oxygens (including phenoxy) is 2. The van der Waals surface area contributed by atoms with Gasteiger partial charge >= 0.3 is 5.97 Å². The maximum Gasteiger partial charge on any atom is 0.354 e. The number of nitrogens with zero attached hydrogens (tertiary/aromatic N) is 2. The van der Waals surface area contributed by atoms with E-state index in [9.17, 15) is 4.79 Å². The fourth-order valence-corrected chi connectivity index (χ4v) is 3.66. The molecule has 2 heterocycles. The highest BCUT2D eigenvalue weighted by atomic mass is 32.2. The van der Waals surface area contributed by atoms with Crippen molar-refractivity contribution in [2.45, 2.75) is 46.1 Å². The molecule has 2 rings (SSSR count). The summed E-state index contributed by atoms with van der Waals surface area (Å²) in [5.74, 6) is 0.479. The van der Waals surface area contributed by atoms with Gasteiger partial charge in [-0.3, -0.25) is 0 Å². The molecule has 0 N–H and O–H groups in total. The van der Waals surface area contributed by atoms with E-state index in [-0.39, 0.29) is 12.0 Å². The molecule has 5 nitrogen and oxygen atoms in total. The first-order valence-electron chi connectivity index (χ1n) is 8.73. The Labute approximate surface area is 154 Å². The Morgan fingerprint density at radius 3 is 2.84 bits per heavy atom. The standard InChI is InChI=1S/C19H28N2O3S/c1-6-13(3)18(25-5)20-17-14(7-2)11-16(19(22)23-4)21(17)15-9-8-10-24-12-15/h7,11,15H,6,8-10,12H2,1-5H3/b14-7-,18-13-,20-17-. The Morgan fingerprint density at radius 1 is 1.56 bits per heavy atom. The van der Waals surface area contributed by atoms with Crippen molar-refractivity contribution in [3.63, 3.8) is 0 Å². The molecule has 0 amide bonds. The number of hydrogen-bond donors (Lipinski definition) is 0. The minimum atomic E-state index is -0.336. The maximum absolute atomic E-state index is 12.3. The molecule has 6 heteroatoms. The second-order valence-corrected chi connectivity index (χ2v) is 6.88. The molecule has 0 saturated carbocycles. The molecule has 0 bridgehead atoms. The van der Waals surface area contributed by atoms with Gasteiger partial charge in [0.1, 0.15) is 11.5 Å². The number of carbonyl (C=O) groups is 1. The first-order valence-corrected chi connectivity index (χ1v) is 9.95. The van der Waals surface area contributed by atoms with E-state index in [0.29, 0.717) is 12.3 Å². The van der Waals surface area contributed by atoms with Gasteiger partial charge in [0.25, 0.3) is 0 Å². The number of thioether (sulfide) groups is 1. The van der Waals surface area contributed by atoms with Crippen LogP contribution in [0.2, 0.25) is 0 Å². The van der Waals surface area contributed by atoms with Gasteiger partial charge in [-0.1, -0.05) is 13.0 Å². The number of carbonyl (C=O) groups excluding carboxylic acids is 1. The lowest BCUT2D eigenvalue weighted by molar-refractivity contribution is -0.137. The first-order chi connectivity index (χ1) is 12.1. The molecule has 0 aromatic heterocycles. The molecule has 0 aromatic rings. The summed E-state index contributed by atoms with van der Waals surface area (Å²) < 4.78 is 10.7. The summed E-state index contributed by atoms with van der Waals surface area (Å²) in [5, 5.41) is 0.998. The van der Waals surface area contributed by atoms with Gasteiger partial charge in [-0.15, -0.1) is 11.8 Å². The normalized spacial score (nSPS) is 25.2. The van der Waals surface area contributed by atoms with Crippen molar-refractivity contribution >= 4 is 23.6 Å². The zero-order valence-electron chi connectivity index (χ0n) is 15.8. The average Bonchev–Trinajstić information content (AvgIpc) is 3.03. The average molecular weight is 365 g/mol. The second-order valence-electron chi connectivity index (χ2n) is 6.08. The monoisotopic (exact) mass is 364 g/mol. The van der Waals surface area contributed by atoms with Crippen LogP contribution in [-0.4, -0.2) is 49.3 Å². The van der Waals surface area contributed by atoms with Crippen molar-refractivity contribution in [1.82, 2.24) is 4.90 Å². The molecule has 138 valence electrons. The highest BCUT2D eigenvalue weighted by Gasteiger charge is 2.37. The van der Waals surface area contributed by atoms with Crippen LogP contribution in [0.5, 0.6) is 0 Å². The van der Waals surface area contributed by atoms with E-state index in [1.54, 1.807) is 11.8 Å². The molecule has 1 fully saturated rings. The van der Waals surface area contributed by atoms with Gasteiger partial charge in [0, 0.05) is 12.2 Å². The van der Waals surface area contributed by atoms with Crippen LogP contribution in [-0.2, 0) is 14.3 Å². The van der Waals surface area contributed by atoms with E-state index in [1.807, 2.05) is 30.2 Å². The van der Waals surface area contributed by atoms with Crippen LogP contribution >= 0.6 is 11.8 Å². The molecule has 0 spiro atoms. The van der Waals surface area contributed by atoms with E-state index in [1.165, 1.54) is 12.7 Å². The number of amidine groups is 1. The second kappa shape index (κ2) is 9.25.